The fourth-order valence-corrected chi connectivity index (χ4v) is 3.74. The highest BCUT2D eigenvalue weighted by Gasteiger charge is 2.28. The quantitative estimate of drug-likeness (QED) is 0.399. The van der Waals surface area contributed by atoms with E-state index in [0.29, 0.717) is 29.3 Å². The van der Waals surface area contributed by atoms with Crippen LogP contribution < -0.4 is 5.73 Å². The number of para-hydroxylation sites is 1. The minimum atomic E-state index is -0.558. The lowest BCUT2D eigenvalue weighted by Gasteiger charge is -2.14. The molecule has 0 amide bonds. The van der Waals surface area contributed by atoms with Gasteiger partial charge in [0.25, 0.3) is 0 Å². The topological polar surface area (TPSA) is 89.6 Å². The third-order valence-electron chi connectivity index (χ3n) is 5.05. The van der Waals surface area contributed by atoms with Gasteiger partial charge in [0.05, 0.1) is 33.7 Å². The van der Waals surface area contributed by atoms with Crippen LogP contribution in [0.4, 0.5) is 4.39 Å². The number of aromatic hydroxyl groups is 1. The van der Waals surface area contributed by atoms with E-state index in [-0.39, 0.29) is 11.4 Å². The number of fused-ring (bicyclic) bond motifs is 1. The summed E-state index contributed by atoms with van der Waals surface area (Å²) in [5.41, 5.74) is 10.2. The fraction of sp³-hybridized carbons (Fsp3) is 0.182. The van der Waals surface area contributed by atoms with Crippen LogP contribution in [-0.2, 0) is 6.42 Å². The van der Waals surface area contributed by atoms with Gasteiger partial charge < -0.3 is 19.9 Å². The van der Waals surface area contributed by atoms with E-state index in [0.717, 1.165) is 28.2 Å². The second-order valence-electron chi connectivity index (χ2n) is 6.73. The molecule has 0 saturated heterocycles. The Morgan fingerprint density at radius 2 is 2.03 bits per heavy atom. The highest BCUT2D eigenvalue weighted by Crippen LogP contribution is 2.40. The number of aryl methyl sites for hydroxylation is 2. The Bertz CT molecular complexity index is 1250. The van der Waals surface area contributed by atoms with Crippen LogP contribution in [0.3, 0.4) is 0 Å². The zero-order valence-electron chi connectivity index (χ0n) is 16.4. The number of hydrogen-bond donors (Lipinski definition) is 2. The van der Waals surface area contributed by atoms with Crippen LogP contribution in [0.25, 0.3) is 27.8 Å². The van der Waals surface area contributed by atoms with E-state index in [2.05, 4.69) is 10.1 Å². The maximum Gasteiger partial charge on any atom is 0.150 e. The van der Waals surface area contributed by atoms with Crippen molar-refractivity contribution in [1.82, 2.24) is 9.72 Å². The first kappa shape index (κ1) is 18.7. The minimum Gasteiger partial charge on any atom is -0.508 e. The molecule has 0 atom stereocenters. The molecule has 0 aliphatic rings. The second kappa shape index (κ2) is 7.09. The van der Waals surface area contributed by atoms with Crippen molar-refractivity contribution in [3.63, 3.8) is 0 Å². The van der Waals surface area contributed by atoms with Crippen LogP contribution in [0.2, 0.25) is 0 Å². The lowest BCUT2D eigenvalue weighted by molar-refractivity contribution is 0.391. The van der Waals surface area contributed by atoms with E-state index in [4.69, 9.17) is 10.3 Å². The van der Waals surface area contributed by atoms with Gasteiger partial charge in [0.1, 0.15) is 17.3 Å². The molecule has 3 N–H and O–H groups in total. The Hall–Kier alpha value is -3.61. The summed E-state index contributed by atoms with van der Waals surface area (Å²) in [5.74, 6) is 0.235. The second-order valence-corrected chi connectivity index (χ2v) is 6.73. The number of hydrogen-bond acceptors (Lipinski definition) is 4. The molecule has 2 heterocycles. The monoisotopic (exact) mass is 392 g/mol. The van der Waals surface area contributed by atoms with Crippen LogP contribution in [-0.4, -0.2) is 27.7 Å². The van der Waals surface area contributed by atoms with Crippen molar-refractivity contribution in [2.24, 2.45) is 10.7 Å². The number of nitrogens with zero attached hydrogens (tertiary/aromatic N) is 3. The van der Waals surface area contributed by atoms with E-state index in [9.17, 15) is 9.50 Å². The van der Waals surface area contributed by atoms with Gasteiger partial charge in [0.15, 0.2) is 5.82 Å². The van der Waals surface area contributed by atoms with Gasteiger partial charge in [-0.25, -0.2) is 4.39 Å². The van der Waals surface area contributed by atoms with Crippen LogP contribution in [0, 0.1) is 12.7 Å². The van der Waals surface area contributed by atoms with Gasteiger partial charge in [-0.15, -0.1) is 0 Å². The molecule has 0 aliphatic heterocycles. The van der Waals surface area contributed by atoms with Crippen molar-refractivity contribution in [3.8, 4) is 22.7 Å². The molecule has 2 aromatic heterocycles. The maximum atomic E-state index is 15.0. The van der Waals surface area contributed by atoms with E-state index in [1.807, 2.05) is 38.1 Å². The Morgan fingerprint density at radius 1 is 1.28 bits per heavy atom. The Kier molecular flexibility index (Phi) is 4.58. The first-order valence-corrected chi connectivity index (χ1v) is 9.28. The van der Waals surface area contributed by atoms with Crippen molar-refractivity contribution in [1.29, 1.82) is 0 Å². The summed E-state index contributed by atoms with van der Waals surface area (Å²) in [6.45, 7) is 3.80. The molecule has 4 aromatic rings. The highest BCUT2D eigenvalue weighted by atomic mass is 19.1. The highest BCUT2D eigenvalue weighted by molar-refractivity contribution is 6.15. The van der Waals surface area contributed by atoms with E-state index in [1.165, 1.54) is 12.1 Å². The van der Waals surface area contributed by atoms with Gasteiger partial charge >= 0.3 is 0 Å². The van der Waals surface area contributed by atoms with Crippen LogP contribution in [0.5, 0.6) is 5.75 Å². The average molecular weight is 392 g/mol. The molecule has 148 valence electrons. The first-order chi connectivity index (χ1) is 14.0. The number of halogens is 1. The number of nitrogens with two attached hydrogens (primary N) is 1. The fourth-order valence-electron chi connectivity index (χ4n) is 3.74. The Balaban J connectivity index is 2.25. The smallest absolute Gasteiger partial charge is 0.150 e. The van der Waals surface area contributed by atoms with Crippen LogP contribution in [0.1, 0.15) is 23.9 Å². The number of benzene rings is 2. The number of amidine groups is 1. The van der Waals surface area contributed by atoms with Crippen LogP contribution in [0.15, 0.2) is 52.0 Å². The van der Waals surface area contributed by atoms with Gasteiger partial charge in [-0.1, -0.05) is 30.3 Å². The molecule has 7 heteroatoms. The Labute approximate surface area is 167 Å². The largest absolute Gasteiger partial charge is 0.508 e. The summed E-state index contributed by atoms with van der Waals surface area (Å²) in [5, 5.41) is 14.7. The molecule has 0 bridgehead atoms. The summed E-state index contributed by atoms with van der Waals surface area (Å²) >= 11 is 0. The lowest BCUT2D eigenvalue weighted by Crippen LogP contribution is -2.15. The first-order valence-electron chi connectivity index (χ1n) is 9.28. The molecule has 4 rings (SSSR count). The molecule has 0 fully saturated rings. The lowest BCUT2D eigenvalue weighted by atomic mass is 10.0. The summed E-state index contributed by atoms with van der Waals surface area (Å²) in [6, 6.07) is 11.7. The van der Waals surface area contributed by atoms with E-state index >= 15 is 0 Å². The van der Waals surface area contributed by atoms with Crippen molar-refractivity contribution in [2.45, 2.75) is 20.3 Å². The molecule has 6 nitrogen and oxygen atoms in total. The number of aromatic nitrogens is 2. The Morgan fingerprint density at radius 3 is 2.72 bits per heavy atom. The molecular formula is C22H21FN4O2. The zero-order chi connectivity index (χ0) is 20.7. The number of phenols is 1. The third-order valence-corrected chi connectivity index (χ3v) is 5.05. The predicted molar refractivity (Wildman–Crippen MR) is 111 cm³/mol. The summed E-state index contributed by atoms with van der Waals surface area (Å²) < 4.78 is 22.2. The number of rotatable bonds is 4. The molecule has 0 saturated carbocycles. The van der Waals surface area contributed by atoms with Crippen molar-refractivity contribution < 1.29 is 14.0 Å². The van der Waals surface area contributed by atoms with Gasteiger partial charge in [0.2, 0.25) is 0 Å². The van der Waals surface area contributed by atoms with Crippen molar-refractivity contribution in [3.05, 3.63) is 65.3 Å². The molecule has 2 aromatic carbocycles. The van der Waals surface area contributed by atoms with E-state index in [1.54, 1.807) is 11.6 Å². The number of phenolic OH excluding ortho intramolecular Hbond substituents is 1. The van der Waals surface area contributed by atoms with Gasteiger partial charge in [0, 0.05) is 18.5 Å². The summed E-state index contributed by atoms with van der Waals surface area (Å²) in [6.07, 6.45) is 0.634. The normalized spacial score (nSPS) is 12.1. The molecule has 0 spiro atoms. The van der Waals surface area contributed by atoms with Gasteiger partial charge in [-0.3, -0.25) is 4.99 Å². The third kappa shape index (κ3) is 2.86. The van der Waals surface area contributed by atoms with Crippen molar-refractivity contribution in [2.75, 3.05) is 7.05 Å². The van der Waals surface area contributed by atoms with Gasteiger partial charge in [-0.05, 0) is 31.5 Å². The maximum absolute atomic E-state index is 15.0. The minimum absolute atomic E-state index is 0.144. The van der Waals surface area contributed by atoms with Gasteiger partial charge in [-0.2, -0.15) is 0 Å². The number of aliphatic imine (C=N–C) groups is 1. The molecule has 0 radical (unpaired) electrons. The molecule has 0 aliphatic carbocycles. The van der Waals surface area contributed by atoms with E-state index < -0.39 is 5.82 Å². The predicted octanol–water partition coefficient (Wildman–Crippen LogP) is 4.34. The summed E-state index contributed by atoms with van der Waals surface area (Å²) in [7, 11) is 1.62. The molecular weight excluding hydrogens is 371 g/mol. The average Bonchev–Trinajstić information content (AvgIpc) is 3.24. The SMILES string of the molecule is CCc1noc(C)c1-c1c(C(N)=NC)c2ccccc2n1-c1ccc(O)cc1F. The van der Waals surface area contributed by atoms with Crippen molar-refractivity contribution >= 4 is 16.7 Å². The summed E-state index contributed by atoms with van der Waals surface area (Å²) in [4.78, 5) is 4.20. The van der Waals surface area contributed by atoms with Crippen LogP contribution >= 0.6 is 0 Å². The standard InChI is InChI=1S/C22H21FN4O2/c1-4-16-19(12(2)29-26-16)21-20(22(24)25-3)14-7-5-6-8-17(14)27(21)18-10-9-13(28)11-15(18)23/h5-11,28H,4H2,1-3H3,(H2,24,25). The molecule has 29 heavy (non-hydrogen) atoms. The molecule has 0 unspecified atom stereocenters. The zero-order valence-corrected chi connectivity index (χ0v) is 16.4.